The summed E-state index contributed by atoms with van der Waals surface area (Å²) in [4.78, 5) is 12.0. The molecule has 0 amide bonds. The van der Waals surface area contributed by atoms with Crippen molar-refractivity contribution in [1.82, 2.24) is 0 Å². The number of carbonyl (C=O) groups is 1. The first-order valence-electron chi connectivity index (χ1n) is 5.74. The molecule has 0 bridgehead atoms. The molecule has 0 aliphatic heterocycles. The first-order valence-corrected chi connectivity index (χ1v) is 6.54. The van der Waals surface area contributed by atoms with Crippen LogP contribution in [0.1, 0.15) is 15.9 Å². The highest BCUT2D eigenvalue weighted by Crippen LogP contribution is 2.21. The van der Waals surface area contributed by atoms with E-state index in [1.54, 1.807) is 24.3 Å². The van der Waals surface area contributed by atoms with Crippen molar-refractivity contribution >= 4 is 21.7 Å². The maximum absolute atomic E-state index is 13.3. The minimum Gasteiger partial charge on any atom is -0.485 e. The maximum atomic E-state index is 13.3. The Labute approximate surface area is 119 Å². The fourth-order valence-corrected chi connectivity index (χ4v) is 1.93. The highest BCUT2D eigenvalue weighted by atomic mass is 79.9. The summed E-state index contributed by atoms with van der Waals surface area (Å²) < 4.78 is 18.9. The Morgan fingerprint density at radius 1 is 1.26 bits per heavy atom. The maximum Gasteiger partial charge on any atom is 0.200 e. The van der Waals surface area contributed by atoms with Crippen molar-refractivity contribution in [2.24, 2.45) is 0 Å². The molecule has 4 heteroatoms. The highest BCUT2D eigenvalue weighted by Gasteiger charge is 2.10. The molecule has 2 nitrogen and oxygen atoms in total. The standard InChI is InChI=1S/C15H12BrFO2/c1-10-4-2-3-5-12(10)15(18)9-19-11-6-7-13(16)14(17)8-11/h2-8H,9H2,1H3. The van der Waals surface area contributed by atoms with E-state index in [0.29, 0.717) is 15.8 Å². The van der Waals surface area contributed by atoms with E-state index in [-0.39, 0.29) is 12.4 Å². The van der Waals surface area contributed by atoms with Gasteiger partial charge in [0.05, 0.1) is 4.47 Å². The molecule has 2 aromatic rings. The van der Waals surface area contributed by atoms with Gasteiger partial charge in [-0.25, -0.2) is 4.39 Å². The largest absolute Gasteiger partial charge is 0.485 e. The molecule has 0 atom stereocenters. The van der Waals surface area contributed by atoms with E-state index in [4.69, 9.17) is 4.74 Å². The van der Waals surface area contributed by atoms with Crippen LogP contribution >= 0.6 is 15.9 Å². The van der Waals surface area contributed by atoms with Crippen molar-refractivity contribution in [1.29, 1.82) is 0 Å². The third kappa shape index (κ3) is 3.41. The van der Waals surface area contributed by atoms with Crippen LogP contribution in [0.25, 0.3) is 0 Å². The van der Waals surface area contributed by atoms with Gasteiger partial charge in [-0.1, -0.05) is 24.3 Å². The van der Waals surface area contributed by atoms with Crippen LogP contribution in [0.3, 0.4) is 0 Å². The second kappa shape index (κ2) is 5.97. The monoisotopic (exact) mass is 322 g/mol. The van der Waals surface area contributed by atoms with Crippen LogP contribution in [0.2, 0.25) is 0 Å². The molecular weight excluding hydrogens is 311 g/mol. The number of Topliss-reactive ketones (excluding diaryl/α,β-unsaturated/α-hetero) is 1. The zero-order chi connectivity index (χ0) is 13.8. The molecule has 2 aromatic carbocycles. The van der Waals surface area contributed by atoms with E-state index in [1.807, 2.05) is 19.1 Å². The molecule has 0 fully saturated rings. The lowest BCUT2D eigenvalue weighted by atomic mass is 10.1. The minimum atomic E-state index is -0.416. The van der Waals surface area contributed by atoms with Crippen molar-refractivity contribution in [3.63, 3.8) is 0 Å². The molecule has 0 saturated carbocycles. The molecule has 0 radical (unpaired) electrons. The van der Waals surface area contributed by atoms with Gasteiger partial charge in [-0.2, -0.15) is 0 Å². The zero-order valence-electron chi connectivity index (χ0n) is 10.3. The average Bonchev–Trinajstić information content (AvgIpc) is 2.40. The molecular formula is C15H12BrFO2. The number of carbonyl (C=O) groups excluding carboxylic acids is 1. The molecule has 0 heterocycles. The van der Waals surface area contributed by atoms with Crippen LogP contribution in [0.4, 0.5) is 4.39 Å². The predicted octanol–water partition coefficient (Wildman–Crippen LogP) is 4.16. The molecule has 0 aliphatic carbocycles. The van der Waals surface area contributed by atoms with Gasteiger partial charge in [0.15, 0.2) is 12.4 Å². The molecule has 2 rings (SSSR count). The number of ketones is 1. The minimum absolute atomic E-state index is 0.105. The van der Waals surface area contributed by atoms with Crippen molar-refractivity contribution in [3.05, 3.63) is 63.9 Å². The summed E-state index contributed by atoms with van der Waals surface area (Å²) in [5.74, 6) is -0.204. The van der Waals surface area contributed by atoms with E-state index < -0.39 is 5.82 Å². The Morgan fingerprint density at radius 2 is 2.00 bits per heavy atom. The van der Waals surface area contributed by atoms with Crippen LogP contribution in [0.15, 0.2) is 46.9 Å². The number of aryl methyl sites for hydroxylation is 1. The second-order valence-electron chi connectivity index (χ2n) is 4.10. The summed E-state index contributed by atoms with van der Waals surface area (Å²) in [6.45, 7) is 1.76. The van der Waals surface area contributed by atoms with Gasteiger partial charge in [0.2, 0.25) is 0 Å². The van der Waals surface area contributed by atoms with Crippen molar-refractivity contribution in [2.75, 3.05) is 6.61 Å². The summed E-state index contributed by atoms with van der Waals surface area (Å²) in [6, 6.07) is 11.7. The molecule has 0 aliphatic rings. The van der Waals surface area contributed by atoms with E-state index >= 15 is 0 Å². The highest BCUT2D eigenvalue weighted by molar-refractivity contribution is 9.10. The molecule has 0 N–H and O–H groups in total. The number of halogens is 2. The summed E-state index contributed by atoms with van der Waals surface area (Å²) in [7, 11) is 0. The Morgan fingerprint density at radius 3 is 2.68 bits per heavy atom. The number of rotatable bonds is 4. The van der Waals surface area contributed by atoms with Crippen LogP contribution in [-0.4, -0.2) is 12.4 Å². The number of ether oxygens (including phenoxy) is 1. The van der Waals surface area contributed by atoms with E-state index in [0.717, 1.165) is 5.56 Å². The number of hydrogen-bond donors (Lipinski definition) is 0. The molecule has 0 saturated heterocycles. The number of benzene rings is 2. The van der Waals surface area contributed by atoms with Crippen LogP contribution in [0.5, 0.6) is 5.75 Å². The molecule has 98 valence electrons. The van der Waals surface area contributed by atoms with Crippen molar-refractivity contribution < 1.29 is 13.9 Å². The molecule has 0 unspecified atom stereocenters. The third-order valence-corrected chi connectivity index (χ3v) is 3.35. The summed E-state index contributed by atoms with van der Waals surface area (Å²) in [5.41, 5.74) is 1.53. The van der Waals surface area contributed by atoms with Gasteiger partial charge < -0.3 is 4.74 Å². The first-order chi connectivity index (χ1) is 9.08. The van der Waals surface area contributed by atoms with Crippen molar-refractivity contribution in [3.8, 4) is 5.75 Å². The van der Waals surface area contributed by atoms with Gasteiger partial charge in [0, 0.05) is 11.6 Å². The Kier molecular flexibility index (Phi) is 4.32. The Balaban J connectivity index is 2.04. The van der Waals surface area contributed by atoms with Gasteiger partial charge in [-0.3, -0.25) is 4.79 Å². The van der Waals surface area contributed by atoms with Crippen LogP contribution in [-0.2, 0) is 0 Å². The molecule has 0 spiro atoms. The van der Waals surface area contributed by atoms with Gasteiger partial charge in [-0.05, 0) is 40.5 Å². The SMILES string of the molecule is Cc1ccccc1C(=O)COc1ccc(Br)c(F)c1. The smallest absolute Gasteiger partial charge is 0.200 e. The fourth-order valence-electron chi connectivity index (χ4n) is 1.68. The predicted molar refractivity (Wildman–Crippen MR) is 75.1 cm³/mol. The van der Waals surface area contributed by atoms with Gasteiger partial charge >= 0.3 is 0 Å². The van der Waals surface area contributed by atoms with E-state index in [2.05, 4.69) is 15.9 Å². The Bertz CT molecular complexity index is 611. The zero-order valence-corrected chi connectivity index (χ0v) is 11.9. The Hall–Kier alpha value is -1.68. The summed E-state index contributed by atoms with van der Waals surface area (Å²) >= 11 is 3.06. The second-order valence-corrected chi connectivity index (χ2v) is 4.96. The lowest BCUT2D eigenvalue weighted by Gasteiger charge is -2.07. The van der Waals surface area contributed by atoms with Crippen LogP contribution in [0, 0.1) is 12.7 Å². The number of hydrogen-bond acceptors (Lipinski definition) is 2. The molecule has 0 aromatic heterocycles. The normalized spacial score (nSPS) is 10.3. The fraction of sp³-hybridized carbons (Fsp3) is 0.133. The van der Waals surface area contributed by atoms with Gasteiger partial charge in [0.25, 0.3) is 0 Å². The topological polar surface area (TPSA) is 26.3 Å². The average molecular weight is 323 g/mol. The molecule has 19 heavy (non-hydrogen) atoms. The summed E-state index contributed by atoms with van der Waals surface area (Å²) in [5, 5.41) is 0. The quantitative estimate of drug-likeness (QED) is 0.790. The summed E-state index contributed by atoms with van der Waals surface area (Å²) in [6.07, 6.45) is 0. The lowest BCUT2D eigenvalue weighted by Crippen LogP contribution is -2.12. The first kappa shape index (κ1) is 13.7. The third-order valence-electron chi connectivity index (χ3n) is 2.71. The van der Waals surface area contributed by atoms with E-state index in [9.17, 15) is 9.18 Å². The van der Waals surface area contributed by atoms with Crippen LogP contribution < -0.4 is 4.74 Å². The van der Waals surface area contributed by atoms with E-state index in [1.165, 1.54) is 6.07 Å². The van der Waals surface area contributed by atoms with Gasteiger partial charge in [-0.15, -0.1) is 0 Å². The van der Waals surface area contributed by atoms with Gasteiger partial charge in [0.1, 0.15) is 11.6 Å². The van der Waals surface area contributed by atoms with Crippen molar-refractivity contribution in [2.45, 2.75) is 6.92 Å². The lowest BCUT2D eigenvalue weighted by molar-refractivity contribution is 0.0920.